The Balaban J connectivity index is 3.04. The van der Waals surface area contributed by atoms with Crippen molar-refractivity contribution in [3.05, 3.63) is 6.92 Å². The highest BCUT2D eigenvalue weighted by Crippen LogP contribution is 2.05. The average molecular weight is 113 g/mol. The minimum absolute atomic E-state index is 0.144. The topological polar surface area (TPSA) is 0 Å². The van der Waals surface area contributed by atoms with Crippen LogP contribution in [0.4, 0.5) is 0 Å². The minimum atomic E-state index is 0.144. The maximum Gasteiger partial charge on any atom is 0.0655 e. The maximum absolute atomic E-state index is 5.02. The fourth-order valence-electron chi connectivity index (χ4n) is 0.249. The van der Waals surface area contributed by atoms with E-state index in [1.165, 1.54) is 0 Å². The summed E-state index contributed by atoms with van der Waals surface area (Å²) in [5.41, 5.74) is 0. The Bertz CT molecular complexity index is 70.7. The van der Waals surface area contributed by atoms with E-state index in [0.717, 1.165) is 5.75 Å². The predicted octanol–water partition coefficient (Wildman–Crippen LogP) is 1.58. The first kappa shape index (κ1) is 6.91. The van der Waals surface area contributed by atoms with Gasteiger partial charge >= 0.3 is 0 Å². The molecule has 0 fully saturated rings. The normalized spacial score (nSPS) is 12.7. The molecule has 1 unspecified atom stereocenters. The van der Waals surface area contributed by atoms with Crippen LogP contribution in [0, 0.1) is 19.3 Å². The van der Waals surface area contributed by atoms with Crippen LogP contribution in [0.5, 0.6) is 0 Å². The molecule has 0 bridgehead atoms. The van der Waals surface area contributed by atoms with Crippen molar-refractivity contribution in [2.75, 3.05) is 5.75 Å². The van der Waals surface area contributed by atoms with E-state index in [2.05, 4.69) is 19.8 Å². The lowest BCUT2D eigenvalue weighted by Crippen LogP contribution is -1.89. The fraction of sp³-hybridized carbons (Fsp3) is 0.500. The van der Waals surface area contributed by atoms with Crippen LogP contribution in [0.1, 0.15) is 6.92 Å². The Morgan fingerprint density at radius 2 is 2.57 bits per heavy atom. The van der Waals surface area contributed by atoms with E-state index >= 15 is 0 Å². The average Bonchev–Trinajstić information content (AvgIpc) is 1.68. The molecule has 0 aromatic rings. The van der Waals surface area contributed by atoms with E-state index < -0.39 is 0 Å². The first-order valence-electron chi connectivity index (χ1n) is 2.22. The van der Waals surface area contributed by atoms with Crippen molar-refractivity contribution in [3.63, 3.8) is 0 Å². The zero-order chi connectivity index (χ0) is 5.70. The van der Waals surface area contributed by atoms with Crippen molar-refractivity contribution in [1.29, 1.82) is 0 Å². The second-order valence-corrected chi connectivity index (χ2v) is 2.59. The Labute approximate surface area is 49.7 Å². The number of hydrogen-bond acceptors (Lipinski definition) is 1. The molecule has 7 heavy (non-hydrogen) atoms. The van der Waals surface area contributed by atoms with E-state index in [9.17, 15) is 0 Å². The van der Waals surface area contributed by atoms with Crippen LogP contribution in [0.2, 0.25) is 0 Å². The van der Waals surface area contributed by atoms with Crippen LogP contribution >= 0.6 is 11.8 Å². The first-order valence-corrected chi connectivity index (χ1v) is 3.27. The summed E-state index contributed by atoms with van der Waals surface area (Å²) in [7, 11) is 0. The fourth-order valence-corrected chi connectivity index (χ4v) is 0.748. The van der Waals surface area contributed by atoms with Crippen LogP contribution in [0.25, 0.3) is 0 Å². The van der Waals surface area contributed by atoms with E-state index in [4.69, 9.17) is 6.42 Å². The molecule has 0 heterocycles. The Morgan fingerprint density at radius 3 is 2.71 bits per heavy atom. The van der Waals surface area contributed by atoms with Crippen molar-refractivity contribution < 1.29 is 0 Å². The van der Waals surface area contributed by atoms with Gasteiger partial charge in [-0.25, -0.2) is 0 Å². The summed E-state index contributed by atoms with van der Waals surface area (Å²) in [6.45, 7) is 5.74. The molecule has 0 N–H and O–H groups in total. The van der Waals surface area contributed by atoms with Crippen molar-refractivity contribution in [1.82, 2.24) is 0 Å². The lowest BCUT2D eigenvalue weighted by atomic mass is 10.5. The van der Waals surface area contributed by atoms with Crippen molar-refractivity contribution in [2.45, 2.75) is 12.2 Å². The summed E-state index contributed by atoms with van der Waals surface area (Å²) < 4.78 is 0. The summed E-state index contributed by atoms with van der Waals surface area (Å²) in [5.74, 6) is 3.57. The monoisotopic (exact) mass is 113 g/mol. The molecule has 0 rings (SSSR count). The molecule has 1 heteroatoms. The van der Waals surface area contributed by atoms with Crippen molar-refractivity contribution >= 4 is 11.8 Å². The molecule has 0 spiro atoms. The van der Waals surface area contributed by atoms with E-state index in [1.54, 1.807) is 11.8 Å². The van der Waals surface area contributed by atoms with Gasteiger partial charge in [-0.05, 0) is 12.7 Å². The molecule has 0 nitrogen and oxygen atoms in total. The van der Waals surface area contributed by atoms with E-state index in [1.807, 2.05) is 0 Å². The SMILES string of the molecule is C#CC([CH2])SCC. The number of hydrogen-bond donors (Lipinski definition) is 0. The van der Waals surface area contributed by atoms with Crippen LogP contribution < -0.4 is 0 Å². The van der Waals surface area contributed by atoms with Crippen LogP contribution in [0.3, 0.4) is 0 Å². The van der Waals surface area contributed by atoms with Crippen molar-refractivity contribution in [2.24, 2.45) is 0 Å². The molecule has 0 aliphatic rings. The van der Waals surface area contributed by atoms with Crippen LogP contribution in [-0.4, -0.2) is 11.0 Å². The number of thioether (sulfide) groups is 1. The Hall–Kier alpha value is -0.0900. The molecule has 0 aliphatic heterocycles. The maximum atomic E-state index is 5.02. The minimum Gasteiger partial charge on any atom is -0.146 e. The van der Waals surface area contributed by atoms with Crippen LogP contribution in [0.15, 0.2) is 0 Å². The summed E-state index contributed by atoms with van der Waals surface area (Å²) in [4.78, 5) is 0. The van der Waals surface area contributed by atoms with Gasteiger partial charge in [0.15, 0.2) is 0 Å². The highest BCUT2D eigenvalue weighted by molar-refractivity contribution is 8.00. The van der Waals surface area contributed by atoms with Gasteiger partial charge in [-0.15, -0.1) is 18.2 Å². The third-order valence-corrected chi connectivity index (χ3v) is 1.43. The molecule has 1 atom stereocenters. The van der Waals surface area contributed by atoms with Gasteiger partial charge in [-0.1, -0.05) is 12.8 Å². The zero-order valence-electron chi connectivity index (χ0n) is 4.48. The van der Waals surface area contributed by atoms with Gasteiger partial charge in [0, 0.05) is 0 Å². The summed E-state index contributed by atoms with van der Waals surface area (Å²) in [6.07, 6.45) is 5.02. The van der Waals surface area contributed by atoms with Gasteiger partial charge in [0.2, 0.25) is 0 Å². The third-order valence-electron chi connectivity index (χ3n) is 0.554. The molecular weight excluding hydrogens is 104 g/mol. The smallest absolute Gasteiger partial charge is 0.0655 e. The van der Waals surface area contributed by atoms with Gasteiger partial charge in [0.05, 0.1) is 5.25 Å². The molecule has 0 amide bonds. The summed E-state index contributed by atoms with van der Waals surface area (Å²) >= 11 is 1.68. The van der Waals surface area contributed by atoms with Gasteiger partial charge < -0.3 is 0 Å². The lowest BCUT2D eigenvalue weighted by Gasteiger charge is -1.95. The molecule has 0 saturated heterocycles. The molecule has 1 radical (unpaired) electrons. The molecule has 39 valence electrons. The first-order chi connectivity index (χ1) is 3.31. The number of rotatable bonds is 2. The largest absolute Gasteiger partial charge is 0.146 e. The molecule has 0 aliphatic carbocycles. The second-order valence-electron chi connectivity index (χ2n) is 1.11. The Kier molecular flexibility index (Phi) is 4.03. The summed E-state index contributed by atoms with van der Waals surface area (Å²) in [5, 5.41) is 0.144. The van der Waals surface area contributed by atoms with Crippen molar-refractivity contribution in [3.8, 4) is 12.3 Å². The molecule has 0 aromatic carbocycles. The summed E-state index contributed by atoms with van der Waals surface area (Å²) in [6, 6.07) is 0. The lowest BCUT2D eigenvalue weighted by molar-refractivity contribution is 1.45. The van der Waals surface area contributed by atoms with Gasteiger partial charge in [-0.2, -0.15) is 0 Å². The molecular formula is C6H9S. The van der Waals surface area contributed by atoms with Crippen LogP contribution in [-0.2, 0) is 0 Å². The van der Waals surface area contributed by atoms with E-state index in [0.29, 0.717) is 0 Å². The zero-order valence-corrected chi connectivity index (χ0v) is 5.29. The third kappa shape index (κ3) is 3.75. The Morgan fingerprint density at radius 1 is 2.00 bits per heavy atom. The van der Waals surface area contributed by atoms with E-state index in [-0.39, 0.29) is 5.25 Å². The standard InChI is InChI=1S/C6H9S/c1-4-6(3)7-5-2/h1,6H,3,5H2,2H3. The second kappa shape index (κ2) is 4.08. The van der Waals surface area contributed by atoms with Gasteiger partial charge in [-0.3, -0.25) is 0 Å². The number of terminal acetylenes is 1. The van der Waals surface area contributed by atoms with Gasteiger partial charge in [0.1, 0.15) is 0 Å². The highest BCUT2D eigenvalue weighted by atomic mass is 32.2. The molecule has 0 aromatic heterocycles. The highest BCUT2D eigenvalue weighted by Gasteiger charge is 1.90. The van der Waals surface area contributed by atoms with Gasteiger partial charge in [0.25, 0.3) is 0 Å². The predicted molar refractivity (Wildman–Crippen MR) is 36.1 cm³/mol. The molecule has 0 saturated carbocycles. The quantitative estimate of drug-likeness (QED) is 0.490.